The summed E-state index contributed by atoms with van der Waals surface area (Å²) in [7, 11) is -0.431. The van der Waals surface area contributed by atoms with Crippen molar-refractivity contribution in [1.82, 2.24) is 10.3 Å². The molecule has 1 fully saturated rings. The van der Waals surface area contributed by atoms with Crippen molar-refractivity contribution in [2.75, 3.05) is 24.7 Å². The number of hydrogen-bond acceptors (Lipinski definition) is 5. The van der Waals surface area contributed by atoms with Crippen molar-refractivity contribution in [1.29, 1.82) is 0 Å². The first-order chi connectivity index (χ1) is 13.3. The molecule has 2 heterocycles. The highest BCUT2D eigenvalue weighted by Crippen LogP contribution is 2.46. The lowest BCUT2D eigenvalue weighted by Crippen LogP contribution is -2.27. The minimum Gasteiger partial charge on any atom is -0.437 e. The first kappa shape index (κ1) is 18.5. The van der Waals surface area contributed by atoms with Gasteiger partial charge >= 0.3 is 0 Å². The number of pyridine rings is 1. The molecule has 28 heavy (non-hydrogen) atoms. The van der Waals surface area contributed by atoms with E-state index in [0.29, 0.717) is 22.5 Å². The number of carbonyl (C=O) groups excluding carboxylic acids is 1. The van der Waals surface area contributed by atoms with Crippen molar-refractivity contribution < 1.29 is 17.6 Å². The van der Waals surface area contributed by atoms with Gasteiger partial charge in [-0.15, -0.1) is 0 Å². The van der Waals surface area contributed by atoms with Gasteiger partial charge in [-0.25, -0.2) is 8.42 Å². The zero-order valence-electron chi connectivity index (χ0n) is 15.9. The highest BCUT2D eigenvalue weighted by atomic mass is 32.2. The second kappa shape index (κ2) is 6.63. The number of furan rings is 1. The second-order valence-electron chi connectivity index (χ2n) is 7.01. The lowest BCUT2D eigenvalue weighted by atomic mass is 10.0. The summed E-state index contributed by atoms with van der Waals surface area (Å²) in [6.07, 6.45) is 3.08. The number of carbonyl (C=O) groups is 1. The summed E-state index contributed by atoms with van der Waals surface area (Å²) in [5.41, 5.74) is 2.23. The topological polar surface area (TPSA) is 92.5 Å². The van der Waals surface area contributed by atoms with Crippen molar-refractivity contribution in [3.63, 3.8) is 0 Å². The molecule has 4 rings (SSSR count). The number of aromatic nitrogens is 1. The van der Waals surface area contributed by atoms with Crippen LogP contribution >= 0.6 is 0 Å². The fourth-order valence-corrected chi connectivity index (χ4v) is 3.74. The molecule has 1 saturated carbocycles. The Morgan fingerprint density at radius 1 is 1.25 bits per heavy atom. The van der Waals surface area contributed by atoms with Crippen molar-refractivity contribution >= 4 is 32.8 Å². The maximum Gasteiger partial charge on any atom is 0.255 e. The number of anilines is 1. The van der Waals surface area contributed by atoms with Crippen LogP contribution in [0.2, 0.25) is 0 Å². The number of fused-ring (bicyclic) bond motifs is 1. The zero-order chi connectivity index (χ0) is 20.1. The summed E-state index contributed by atoms with van der Waals surface area (Å²) < 4.78 is 31.3. The van der Waals surface area contributed by atoms with Gasteiger partial charge in [-0.3, -0.25) is 9.10 Å². The Balaban J connectivity index is 2.02. The van der Waals surface area contributed by atoms with Gasteiger partial charge in [0, 0.05) is 19.7 Å². The molecule has 0 aliphatic heterocycles. The van der Waals surface area contributed by atoms with Gasteiger partial charge in [0.05, 0.1) is 17.2 Å². The van der Waals surface area contributed by atoms with Crippen LogP contribution in [0.3, 0.4) is 0 Å². The smallest absolute Gasteiger partial charge is 0.255 e. The lowest BCUT2D eigenvalue weighted by Gasteiger charge is -2.18. The Labute approximate surface area is 163 Å². The number of benzene rings is 1. The van der Waals surface area contributed by atoms with Crippen LogP contribution in [0.4, 0.5) is 5.82 Å². The number of hydrogen-bond donors (Lipinski definition) is 1. The van der Waals surface area contributed by atoms with Crippen molar-refractivity contribution in [2.24, 2.45) is 0 Å². The van der Waals surface area contributed by atoms with E-state index in [2.05, 4.69) is 10.3 Å². The fraction of sp³-hybridized carbons (Fsp3) is 0.300. The average Bonchev–Trinajstić information content (AvgIpc) is 3.46. The minimum absolute atomic E-state index is 0.240. The molecule has 1 aliphatic carbocycles. The normalized spacial score (nSPS) is 14.2. The third-order valence-corrected chi connectivity index (χ3v) is 6.16. The second-order valence-corrected chi connectivity index (χ2v) is 9.02. The van der Waals surface area contributed by atoms with Crippen LogP contribution in [-0.2, 0) is 10.0 Å². The zero-order valence-corrected chi connectivity index (χ0v) is 16.7. The van der Waals surface area contributed by atoms with Crippen LogP contribution in [0.5, 0.6) is 0 Å². The molecule has 1 N–H and O–H groups in total. The molecular weight excluding hydrogens is 378 g/mol. The van der Waals surface area contributed by atoms with E-state index in [9.17, 15) is 13.2 Å². The van der Waals surface area contributed by atoms with Crippen LogP contribution in [0.1, 0.15) is 34.7 Å². The molecule has 0 spiro atoms. The number of rotatable bonds is 5. The van der Waals surface area contributed by atoms with Gasteiger partial charge in [0.1, 0.15) is 11.6 Å². The van der Waals surface area contributed by atoms with Gasteiger partial charge in [-0.1, -0.05) is 30.3 Å². The molecule has 0 atom stereocenters. The average molecular weight is 399 g/mol. The van der Waals surface area contributed by atoms with Gasteiger partial charge in [0.15, 0.2) is 0 Å². The Morgan fingerprint density at radius 2 is 1.93 bits per heavy atom. The summed E-state index contributed by atoms with van der Waals surface area (Å²) in [5.74, 6) is 0.742. The van der Waals surface area contributed by atoms with Gasteiger partial charge in [-0.2, -0.15) is 4.98 Å². The van der Waals surface area contributed by atoms with Crippen LogP contribution in [-0.4, -0.2) is 39.7 Å². The minimum atomic E-state index is -3.48. The van der Waals surface area contributed by atoms with Crippen molar-refractivity contribution in [3.8, 4) is 11.3 Å². The highest BCUT2D eigenvalue weighted by molar-refractivity contribution is 7.92. The van der Waals surface area contributed by atoms with Gasteiger partial charge in [-0.05, 0) is 30.4 Å². The van der Waals surface area contributed by atoms with Crippen LogP contribution in [0.25, 0.3) is 22.4 Å². The van der Waals surface area contributed by atoms with Crippen LogP contribution in [0.15, 0.2) is 40.8 Å². The van der Waals surface area contributed by atoms with Gasteiger partial charge < -0.3 is 9.73 Å². The molecule has 0 unspecified atom stereocenters. The van der Waals surface area contributed by atoms with Gasteiger partial charge in [0.25, 0.3) is 5.91 Å². The molecule has 2 aromatic heterocycles. The molecule has 7 nitrogen and oxygen atoms in total. The molecule has 1 aliphatic rings. The van der Waals surface area contributed by atoms with Crippen molar-refractivity contribution in [2.45, 2.75) is 18.8 Å². The highest BCUT2D eigenvalue weighted by Gasteiger charge is 2.33. The van der Waals surface area contributed by atoms with Crippen LogP contribution < -0.4 is 9.62 Å². The van der Waals surface area contributed by atoms with Crippen molar-refractivity contribution in [3.05, 3.63) is 47.5 Å². The maximum atomic E-state index is 12.7. The van der Waals surface area contributed by atoms with E-state index < -0.39 is 10.0 Å². The molecule has 0 saturated heterocycles. The molecule has 1 aromatic carbocycles. The number of sulfonamides is 1. The Bertz CT molecular complexity index is 1170. The molecule has 1 amide bonds. The fourth-order valence-electron chi connectivity index (χ4n) is 3.28. The third-order valence-electron chi connectivity index (χ3n) is 4.99. The van der Waals surface area contributed by atoms with E-state index >= 15 is 0 Å². The molecular formula is C20H21N3O4S. The quantitative estimate of drug-likeness (QED) is 0.712. The first-order valence-electron chi connectivity index (χ1n) is 9.00. The molecule has 8 heteroatoms. The first-order valence-corrected chi connectivity index (χ1v) is 10.8. The summed E-state index contributed by atoms with van der Waals surface area (Å²) >= 11 is 0. The summed E-state index contributed by atoms with van der Waals surface area (Å²) in [6.45, 7) is 0. The maximum absolute atomic E-state index is 12.7. The monoisotopic (exact) mass is 399 g/mol. The Hall–Kier alpha value is -2.87. The standard InChI is InChI=1S/C20H21N3O4S/c1-21-19(24)16-15-11-14(12-9-10-12)18(23(2)28(3,25)26)22-20(15)27-17(16)13-7-5-4-6-8-13/h4-8,11-12H,9-10H2,1-3H3,(H,21,24). The molecule has 0 radical (unpaired) electrons. The number of nitrogens with one attached hydrogen (secondary N) is 1. The van der Waals surface area contributed by atoms with E-state index in [1.165, 1.54) is 11.4 Å². The molecule has 0 bridgehead atoms. The molecule has 146 valence electrons. The summed E-state index contributed by atoms with van der Waals surface area (Å²) in [5, 5.41) is 3.25. The van der Waals surface area contributed by atoms with E-state index in [1.807, 2.05) is 36.4 Å². The van der Waals surface area contributed by atoms with E-state index in [1.54, 1.807) is 7.05 Å². The predicted molar refractivity (Wildman–Crippen MR) is 108 cm³/mol. The summed E-state index contributed by atoms with van der Waals surface area (Å²) in [6, 6.07) is 11.2. The lowest BCUT2D eigenvalue weighted by molar-refractivity contribution is 0.0964. The number of amides is 1. The molecule has 3 aromatic rings. The SMILES string of the molecule is CNC(=O)c1c(-c2ccccc2)oc2nc(N(C)S(C)(=O)=O)c(C3CC3)cc12. The van der Waals surface area contributed by atoms with Crippen LogP contribution in [0, 0.1) is 0 Å². The summed E-state index contributed by atoms with van der Waals surface area (Å²) in [4.78, 5) is 17.2. The Morgan fingerprint density at radius 3 is 2.50 bits per heavy atom. The van der Waals surface area contributed by atoms with Gasteiger partial charge in [0.2, 0.25) is 15.7 Å². The third kappa shape index (κ3) is 3.13. The van der Waals surface area contributed by atoms with E-state index in [0.717, 1.165) is 30.2 Å². The van der Waals surface area contributed by atoms with E-state index in [4.69, 9.17) is 4.42 Å². The van der Waals surface area contributed by atoms with E-state index in [-0.39, 0.29) is 17.5 Å². The largest absolute Gasteiger partial charge is 0.437 e. The number of nitrogens with zero attached hydrogens (tertiary/aromatic N) is 2. The Kier molecular flexibility index (Phi) is 4.38. The predicted octanol–water partition coefficient (Wildman–Crippen LogP) is 3.13.